The number of nitrogens with zero attached hydrogens (tertiary/aromatic N) is 3. The van der Waals surface area contributed by atoms with E-state index >= 15 is 0 Å². The van der Waals surface area contributed by atoms with Gasteiger partial charge in [-0.1, -0.05) is 11.6 Å². The zero-order valence-electron chi connectivity index (χ0n) is 12.0. The molecule has 0 aliphatic heterocycles. The third-order valence-corrected chi connectivity index (χ3v) is 3.20. The van der Waals surface area contributed by atoms with Crippen molar-refractivity contribution in [3.63, 3.8) is 0 Å². The van der Waals surface area contributed by atoms with E-state index in [-0.39, 0.29) is 0 Å². The standard InChI is InChI=1S/C15H13ClN4O2/c1-21-10-5-9(6-11(7-10)22-2)18-14-8-17-15-12(19-14)3-4-13(16)20-15/h3-8H,1-2H3,(H,18,19). The fourth-order valence-corrected chi connectivity index (χ4v) is 2.11. The summed E-state index contributed by atoms with van der Waals surface area (Å²) in [6.45, 7) is 0. The molecule has 22 heavy (non-hydrogen) atoms. The molecular formula is C15H13ClN4O2. The largest absolute Gasteiger partial charge is 0.497 e. The van der Waals surface area contributed by atoms with Crippen molar-refractivity contribution in [2.75, 3.05) is 19.5 Å². The quantitative estimate of drug-likeness (QED) is 0.744. The maximum Gasteiger partial charge on any atom is 0.179 e. The van der Waals surface area contributed by atoms with Crippen molar-refractivity contribution in [1.29, 1.82) is 0 Å². The lowest BCUT2D eigenvalue weighted by atomic mass is 10.2. The highest BCUT2D eigenvalue weighted by Crippen LogP contribution is 2.27. The Balaban J connectivity index is 1.94. The van der Waals surface area contributed by atoms with E-state index < -0.39 is 0 Å². The highest BCUT2D eigenvalue weighted by Gasteiger charge is 2.05. The molecule has 0 aliphatic rings. The van der Waals surface area contributed by atoms with E-state index in [1.54, 1.807) is 38.6 Å². The van der Waals surface area contributed by atoms with Crippen LogP contribution < -0.4 is 14.8 Å². The first-order chi connectivity index (χ1) is 10.7. The third kappa shape index (κ3) is 3.01. The van der Waals surface area contributed by atoms with Crippen LogP contribution >= 0.6 is 11.6 Å². The summed E-state index contributed by atoms with van der Waals surface area (Å²) in [5, 5.41) is 3.55. The van der Waals surface area contributed by atoms with Gasteiger partial charge in [0, 0.05) is 23.9 Å². The fraction of sp³-hybridized carbons (Fsp3) is 0.133. The first-order valence-corrected chi connectivity index (χ1v) is 6.85. The molecule has 6 nitrogen and oxygen atoms in total. The summed E-state index contributed by atoms with van der Waals surface area (Å²) in [6.07, 6.45) is 1.59. The average molecular weight is 317 g/mol. The highest BCUT2D eigenvalue weighted by molar-refractivity contribution is 6.29. The monoisotopic (exact) mass is 316 g/mol. The van der Waals surface area contributed by atoms with Crippen LogP contribution in [0.4, 0.5) is 11.5 Å². The topological polar surface area (TPSA) is 69.2 Å². The molecule has 2 heterocycles. The first-order valence-electron chi connectivity index (χ1n) is 6.47. The fourth-order valence-electron chi connectivity index (χ4n) is 1.97. The van der Waals surface area contributed by atoms with Crippen LogP contribution in [-0.2, 0) is 0 Å². The molecule has 2 aromatic heterocycles. The Morgan fingerprint density at radius 1 is 1.00 bits per heavy atom. The summed E-state index contributed by atoms with van der Waals surface area (Å²) in [5.41, 5.74) is 1.94. The number of pyridine rings is 1. The number of hydrogen-bond acceptors (Lipinski definition) is 6. The zero-order valence-corrected chi connectivity index (χ0v) is 12.8. The molecule has 1 N–H and O–H groups in total. The number of rotatable bonds is 4. The Labute approximate surface area is 132 Å². The molecule has 0 amide bonds. The normalized spacial score (nSPS) is 10.5. The third-order valence-electron chi connectivity index (χ3n) is 2.99. The van der Waals surface area contributed by atoms with Crippen molar-refractivity contribution >= 4 is 34.3 Å². The second-order valence-electron chi connectivity index (χ2n) is 4.46. The van der Waals surface area contributed by atoms with Gasteiger partial charge in [-0.05, 0) is 12.1 Å². The molecular weight excluding hydrogens is 304 g/mol. The van der Waals surface area contributed by atoms with Gasteiger partial charge in [0.15, 0.2) is 5.65 Å². The number of aromatic nitrogens is 3. The predicted molar refractivity (Wildman–Crippen MR) is 85.2 cm³/mol. The van der Waals surface area contributed by atoms with Crippen LogP contribution in [0.3, 0.4) is 0 Å². The minimum absolute atomic E-state index is 0.389. The SMILES string of the molecule is COc1cc(Nc2cnc3nc(Cl)ccc3n2)cc(OC)c1. The van der Waals surface area contributed by atoms with Crippen LogP contribution in [0.25, 0.3) is 11.2 Å². The van der Waals surface area contributed by atoms with E-state index in [1.807, 2.05) is 12.1 Å². The van der Waals surface area contributed by atoms with Crippen LogP contribution in [0, 0.1) is 0 Å². The minimum atomic E-state index is 0.389. The van der Waals surface area contributed by atoms with Gasteiger partial charge < -0.3 is 14.8 Å². The molecule has 3 aromatic rings. The lowest BCUT2D eigenvalue weighted by Crippen LogP contribution is -1.97. The van der Waals surface area contributed by atoms with E-state index in [0.29, 0.717) is 33.6 Å². The minimum Gasteiger partial charge on any atom is -0.497 e. The van der Waals surface area contributed by atoms with Crippen LogP contribution in [0.5, 0.6) is 11.5 Å². The Bertz CT molecular complexity index is 803. The summed E-state index contributed by atoms with van der Waals surface area (Å²) in [4.78, 5) is 12.8. The summed E-state index contributed by atoms with van der Waals surface area (Å²) in [5.74, 6) is 1.96. The Morgan fingerprint density at radius 2 is 1.73 bits per heavy atom. The van der Waals surface area contributed by atoms with Crippen molar-refractivity contribution in [2.24, 2.45) is 0 Å². The van der Waals surface area contributed by atoms with Crippen LogP contribution in [-0.4, -0.2) is 29.2 Å². The second-order valence-corrected chi connectivity index (χ2v) is 4.85. The second kappa shape index (κ2) is 6.03. The smallest absolute Gasteiger partial charge is 0.179 e. The van der Waals surface area contributed by atoms with Gasteiger partial charge in [-0.15, -0.1) is 0 Å². The first kappa shape index (κ1) is 14.3. The van der Waals surface area contributed by atoms with Crippen molar-refractivity contribution in [1.82, 2.24) is 15.0 Å². The Hall–Kier alpha value is -2.60. The van der Waals surface area contributed by atoms with Crippen LogP contribution in [0.1, 0.15) is 0 Å². The van der Waals surface area contributed by atoms with Gasteiger partial charge in [0.25, 0.3) is 0 Å². The molecule has 0 unspecified atom stereocenters. The molecule has 0 bridgehead atoms. The maximum atomic E-state index is 5.83. The number of halogens is 1. The maximum absolute atomic E-state index is 5.83. The lowest BCUT2D eigenvalue weighted by molar-refractivity contribution is 0.395. The van der Waals surface area contributed by atoms with Crippen LogP contribution in [0.2, 0.25) is 5.15 Å². The van der Waals surface area contributed by atoms with Gasteiger partial charge in [0.05, 0.1) is 20.4 Å². The van der Waals surface area contributed by atoms with Gasteiger partial charge >= 0.3 is 0 Å². The number of methoxy groups -OCH3 is 2. The molecule has 0 saturated carbocycles. The van der Waals surface area contributed by atoms with Crippen LogP contribution in [0.15, 0.2) is 36.5 Å². The number of benzene rings is 1. The van der Waals surface area contributed by atoms with E-state index in [9.17, 15) is 0 Å². The molecule has 0 spiro atoms. The molecule has 0 radical (unpaired) electrons. The summed E-state index contributed by atoms with van der Waals surface area (Å²) < 4.78 is 10.5. The number of nitrogens with one attached hydrogen (secondary N) is 1. The molecule has 0 fully saturated rings. The zero-order chi connectivity index (χ0) is 15.5. The van der Waals surface area contributed by atoms with Crippen molar-refractivity contribution in [3.8, 4) is 11.5 Å². The number of fused-ring (bicyclic) bond motifs is 1. The lowest BCUT2D eigenvalue weighted by Gasteiger charge is -2.10. The molecule has 0 atom stereocenters. The van der Waals surface area contributed by atoms with E-state index in [1.165, 1.54) is 0 Å². The van der Waals surface area contributed by atoms with Crippen molar-refractivity contribution in [3.05, 3.63) is 41.7 Å². The van der Waals surface area contributed by atoms with Gasteiger partial charge in [-0.25, -0.2) is 15.0 Å². The molecule has 7 heteroatoms. The van der Waals surface area contributed by atoms with Crippen molar-refractivity contribution < 1.29 is 9.47 Å². The summed E-state index contributed by atoms with van der Waals surface area (Å²) >= 11 is 5.83. The van der Waals surface area contributed by atoms with Gasteiger partial charge in [-0.3, -0.25) is 0 Å². The van der Waals surface area contributed by atoms with Gasteiger partial charge in [0.1, 0.15) is 28.0 Å². The number of hydrogen-bond donors (Lipinski definition) is 1. The van der Waals surface area contributed by atoms with Gasteiger partial charge in [-0.2, -0.15) is 0 Å². The molecule has 0 aliphatic carbocycles. The molecule has 112 valence electrons. The highest BCUT2D eigenvalue weighted by atomic mass is 35.5. The summed E-state index contributed by atoms with van der Waals surface area (Å²) in [6, 6.07) is 8.93. The number of ether oxygens (including phenoxy) is 2. The number of anilines is 2. The van der Waals surface area contributed by atoms with Crippen molar-refractivity contribution in [2.45, 2.75) is 0 Å². The van der Waals surface area contributed by atoms with Gasteiger partial charge in [0.2, 0.25) is 0 Å². The Kier molecular flexibility index (Phi) is 3.93. The van der Waals surface area contributed by atoms with E-state index in [0.717, 1.165) is 5.69 Å². The Morgan fingerprint density at radius 3 is 2.41 bits per heavy atom. The average Bonchev–Trinajstić information content (AvgIpc) is 2.54. The predicted octanol–water partition coefficient (Wildman–Crippen LogP) is 3.44. The molecule has 0 saturated heterocycles. The molecule has 1 aromatic carbocycles. The van der Waals surface area contributed by atoms with E-state index in [4.69, 9.17) is 21.1 Å². The molecule has 3 rings (SSSR count). The van der Waals surface area contributed by atoms with E-state index in [2.05, 4.69) is 20.3 Å². The summed E-state index contributed by atoms with van der Waals surface area (Å²) in [7, 11) is 3.20.